The van der Waals surface area contributed by atoms with Gasteiger partial charge in [0.15, 0.2) is 0 Å². The van der Waals surface area contributed by atoms with Crippen molar-refractivity contribution in [1.29, 1.82) is 0 Å². The van der Waals surface area contributed by atoms with Crippen molar-refractivity contribution in [3.8, 4) is 0 Å². The third kappa shape index (κ3) is 4.13. The summed E-state index contributed by atoms with van der Waals surface area (Å²) in [5, 5.41) is 1.56. The van der Waals surface area contributed by atoms with Crippen molar-refractivity contribution in [1.82, 2.24) is 4.90 Å². The SMILES string of the molecule is CN1CCCCC1CCN1c2ccc(Cl)cc2Sc2cc(Cl)ccc21.Cl. The number of hydrogen-bond donors (Lipinski definition) is 0. The van der Waals surface area contributed by atoms with E-state index in [0.717, 1.165) is 16.6 Å². The Bertz CT molecular complexity index is 732. The van der Waals surface area contributed by atoms with Crippen LogP contribution in [0.2, 0.25) is 10.0 Å². The summed E-state index contributed by atoms with van der Waals surface area (Å²) < 4.78 is 0. The molecule has 0 bridgehead atoms. The number of benzene rings is 2. The Labute approximate surface area is 176 Å². The van der Waals surface area contributed by atoms with Crippen molar-refractivity contribution < 1.29 is 0 Å². The Hall–Kier alpha value is -0.580. The van der Waals surface area contributed by atoms with Gasteiger partial charge in [-0.15, -0.1) is 12.4 Å². The lowest BCUT2D eigenvalue weighted by molar-refractivity contribution is 0.178. The number of likely N-dealkylation sites (tertiary alicyclic amines) is 1. The standard InChI is InChI=1S/C20H22Cl2N2S.ClH/c1-23-10-3-2-4-16(23)9-11-24-17-7-5-14(21)12-19(17)25-20-13-15(22)6-8-18(20)24;/h5-8,12-13,16H,2-4,9-11H2,1H3;1H. The molecule has 0 N–H and O–H groups in total. The average Bonchev–Trinajstić information content (AvgIpc) is 2.59. The van der Waals surface area contributed by atoms with Crippen LogP contribution >= 0.6 is 47.4 Å². The average molecular weight is 430 g/mol. The fourth-order valence-electron chi connectivity index (χ4n) is 3.86. The second-order valence-electron chi connectivity index (χ2n) is 6.90. The van der Waals surface area contributed by atoms with Gasteiger partial charge in [0.25, 0.3) is 0 Å². The molecule has 2 nitrogen and oxygen atoms in total. The van der Waals surface area contributed by atoms with E-state index in [1.807, 2.05) is 12.1 Å². The molecule has 4 rings (SSSR count). The smallest absolute Gasteiger partial charge is 0.0553 e. The van der Waals surface area contributed by atoms with E-state index >= 15 is 0 Å². The fourth-order valence-corrected chi connectivity index (χ4v) is 5.51. The van der Waals surface area contributed by atoms with E-state index in [1.54, 1.807) is 11.8 Å². The van der Waals surface area contributed by atoms with Gasteiger partial charge in [0.05, 0.1) is 11.4 Å². The van der Waals surface area contributed by atoms with E-state index in [-0.39, 0.29) is 12.4 Å². The van der Waals surface area contributed by atoms with Crippen molar-refractivity contribution >= 4 is 58.7 Å². The summed E-state index contributed by atoms with van der Waals surface area (Å²) in [6.07, 6.45) is 5.16. The third-order valence-corrected chi connectivity index (χ3v) is 6.82. The van der Waals surface area contributed by atoms with Gasteiger partial charge >= 0.3 is 0 Å². The molecule has 0 radical (unpaired) electrons. The molecule has 0 amide bonds. The maximum Gasteiger partial charge on any atom is 0.0553 e. The molecule has 1 fully saturated rings. The number of halogens is 3. The fraction of sp³-hybridized carbons (Fsp3) is 0.400. The van der Waals surface area contributed by atoms with Gasteiger partial charge in [-0.2, -0.15) is 0 Å². The Kier molecular flexibility index (Phi) is 6.68. The van der Waals surface area contributed by atoms with Crippen LogP contribution in [0.15, 0.2) is 46.2 Å². The monoisotopic (exact) mass is 428 g/mol. The number of anilines is 2. The summed E-state index contributed by atoms with van der Waals surface area (Å²) in [5.41, 5.74) is 2.50. The van der Waals surface area contributed by atoms with E-state index in [2.05, 4.69) is 41.1 Å². The van der Waals surface area contributed by atoms with Crippen LogP contribution in [0.3, 0.4) is 0 Å². The van der Waals surface area contributed by atoms with Crippen molar-refractivity contribution in [3.63, 3.8) is 0 Å². The molecule has 0 spiro atoms. The first kappa shape index (κ1) is 20.2. The van der Waals surface area contributed by atoms with Crippen molar-refractivity contribution in [2.75, 3.05) is 25.0 Å². The Morgan fingerprint density at radius 3 is 2.19 bits per heavy atom. The first-order chi connectivity index (χ1) is 12.1. The minimum atomic E-state index is 0. The Balaban J connectivity index is 0.00000196. The van der Waals surface area contributed by atoms with Crippen LogP contribution in [-0.4, -0.2) is 31.1 Å². The summed E-state index contributed by atoms with van der Waals surface area (Å²) in [6, 6.07) is 13.1. The Morgan fingerprint density at radius 2 is 1.62 bits per heavy atom. The molecule has 0 aliphatic carbocycles. The molecular weight excluding hydrogens is 407 g/mol. The number of hydrogen-bond acceptors (Lipinski definition) is 3. The molecule has 0 saturated carbocycles. The third-order valence-electron chi connectivity index (χ3n) is 5.25. The number of fused-ring (bicyclic) bond motifs is 2. The highest BCUT2D eigenvalue weighted by molar-refractivity contribution is 7.99. The van der Waals surface area contributed by atoms with Gasteiger partial charge < -0.3 is 9.80 Å². The molecular formula is C20H23Cl3N2S. The largest absolute Gasteiger partial charge is 0.340 e. The van der Waals surface area contributed by atoms with E-state index in [9.17, 15) is 0 Å². The topological polar surface area (TPSA) is 6.48 Å². The zero-order chi connectivity index (χ0) is 17.4. The van der Waals surface area contributed by atoms with E-state index in [4.69, 9.17) is 23.2 Å². The maximum atomic E-state index is 6.24. The predicted octanol–water partition coefficient (Wildman–Crippen LogP) is 6.89. The van der Waals surface area contributed by atoms with Gasteiger partial charge in [0.1, 0.15) is 0 Å². The Morgan fingerprint density at radius 1 is 1.00 bits per heavy atom. The van der Waals surface area contributed by atoms with Gasteiger partial charge in [0.2, 0.25) is 0 Å². The van der Waals surface area contributed by atoms with Crippen LogP contribution in [-0.2, 0) is 0 Å². The van der Waals surface area contributed by atoms with Crippen LogP contribution < -0.4 is 4.90 Å². The van der Waals surface area contributed by atoms with Gasteiger partial charge in [-0.1, -0.05) is 41.4 Å². The van der Waals surface area contributed by atoms with Gasteiger partial charge in [-0.05, 0) is 69.3 Å². The van der Waals surface area contributed by atoms with Gasteiger partial charge in [-0.3, -0.25) is 0 Å². The predicted molar refractivity (Wildman–Crippen MR) is 116 cm³/mol. The van der Waals surface area contributed by atoms with Crippen molar-refractivity contribution in [2.45, 2.75) is 41.5 Å². The lowest BCUT2D eigenvalue weighted by Crippen LogP contribution is -2.38. The zero-order valence-corrected chi connectivity index (χ0v) is 17.9. The van der Waals surface area contributed by atoms with E-state index in [0.29, 0.717) is 6.04 Å². The normalized spacial score (nSPS) is 19.5. The molecule has 1 atom stereocenters. The van der Waals surface area contributed by atoms with Gasteiger partial charge in [0, 0.05) is 32.4 Å². The molecule has 1 unspecified atom stereocenters. The lowest BCUT2D eigenvalue weighted by Gasteiger charge is -2.37. The van der Waals surface area contributed by atoms with Crippen LogP contribution in [0, 0.1) is 0 Å². The molecule has 140 valence electrons. The minimum Gasteiger partial charge on any atom is -0.340 e. The molecule has 2 aliphatic heterocycles. The molecule has 2 aromatic rings. The first-order valence-corrected chi connectivity index (χ1v) is 10.4. The summed E-state index contributed by atoms with van der Waals surface area (Å²) >= 11 is 14.2. The molecule has 1 saturated heterocycles. The van der Waals surface area contributed by atoms with E-state index < -0.39 is 0 Å². The number of piperidine rings is 1. The molecule has 6 heteroatoms. The first-order valence-electron chi connectivity index (χ1n) is 8.86. The summed E-state index contributed by atoms with van der Waals surface area (Å²) in [7, 11) is 2.26. The van der Waals surface area contributed by atoms with Crippen LogP contribution in [0.5, 0.6) is 0 Å². The molecule has 0 aromatic heterocycles. The van der Waals surface area contributed by atoms with Crippen molar-refractivity contribution in [3.05, 3.63) is 46.4 Å². The van der Waals surface area contributed by atoms with E-state index in [1.165, 1.54) is 53.4 Å². The molecule has 2 aliphatic rings. The molecule has 26 heavy (non-hydrogen) atoms. The summed E-state index contributed by atoms with van der Waals surface area (Å²) in [5.74, 6) is 0. The van der Waals surface area contributed by atoms with Crippen LogP contribution in [0.4, 0.5) is 11.4 Å². The second kappa shape index (κ2) is 8.62. The highest BCUT2D eigenvalue weighted by Gasteiger charge is 2.26. The number of rotatable bonds is 3. The quantitative estimate of drug-likeness (QED) is 0.524. The van der Waals surface area contributed by atoms with Crippen LogP contribution in [0.25, 0.3) is 0 Å². The van der Waals surface area contributed by atoms with Crippen LogP contribution in [0.1, 0.15) is 25.7 Å². The maximum absolute atomic E-state index is 6.24. The lowest BCUT2D eigenvalue weighted by atomic mass is 9.99. The summed E-state index contributed by atoms with van der Waals surface area (Å²) in [4.78, 5) is 7.38. The zero-order valence-electron chi connectivity index (χ0n) is 14.8. The highest BCUT2D eigenvalue weighted by Crippen LogP contribution is 2.49. The number of nitrogens with zero attached hydrogens (tertiary/aromatic N) is 2. The highest BCUT2D eigenvalue weighted by atomic mass is 35.5. The molecule has 2 aromatic carbocycles. The summed E-state index contributed by atoms with van der Waals surface area (Å²) in [6.45, 7) is 2.23. The second-order valence-corrected chi connectivity index (χ2v) is 8.85. The van der Waals surface area contributed by atoms with Gasteiger partial charge in [-0.25, -0.2) is 0 Å². The van der Waals surface area contributed by atoms with Crippen molar-refractivity contribution in [2.24, 2.45) is 0 Å². The minimum absolute atomic E-state index is 0. The molecule has 2 heterocycles.